The fraction of sp³-hybridized carbons (Fsp3) is 0.500. The second kappa shape index (κ2) is 9.78. The molecule has 0 fully saturated rings. The van der Waals surface area contributed by atoms with E-state index in [0.29, 0.717) is 12.5 Å². The minimum absolute atomic E-state index is 0.0463. The molecule has 0 atom stereocenters. The lowest BCUT2D eigenvalue weighted by atomic mass is 10.1. The van der Waals surface area contributed by atoms with Gasteiger partial charge in [-0.05, 0) is 44.0 Å². The highest BCUT2D eigenvalue weighted by Gasteiger charge is 2.14. The largest absolute Gasteiger partial charge is 0.338 e. The molecule has 25 heavy (non-hydrogen) atoms. The molecule has 7 nitrogen and oxygen atoms in total. The molecular formula is C18H28N4O3. The number of urea groups is 1. The summed E-state index contributed by atoms with van der Waals surface area (Å²) in [4.78, 5) is 37.0. The van der Waals surface area contributed by atoms with E-state index in [2.05, 4.69) is 16.0 Å². The smallest absolute Gasteiger partial charge is 0.321 e. The molecule has 0 bridgehead atoms. The highest BCUT2D eigenvalue weighted by molar-refractivity contribution is 5.96. The van der Waals surface area contributed by atoms with Crippen molar-refractivity contribution in [3.05, 3.63) is 29.3 Å². The molecule has 0 saturated heterocycles. The van der Waals surface area contributed by atoms with Crippen molar-refractivity contribution in [3.63, 3.8) is 0 Å². The molecule has 0 aliphatic rings. The molecule has 7 heteroatoms. The number of rotatable bonds is 7. The van der Waals surface area contributed by atoms with E-state index < -0.39 is 11.9 Å². The molecule has 0 aliphatic carbocycles. The van der Waals surface area contributed by atoms with Gasteiger partial charge in [0.2, 0.25) is 11.8 Å². The molecule has 138 valence electrons. The Morgan fingerprint density at radius 1 is 1.08 bits per heavy atom. The van der Waals surface area contributed by atoms with Gasteiger partial charge in [-0.25, -0.2) is 4.79 Å². The first-order valence-corrected chi connectivity index (χ1v) is 8.31. The zero-order valence-electron chi connectivity index (χ0n) is 15.6. The van der Waals surface area contributed by atoms with Crippen molar-refractivity contribution in [3.8, 4) is 0 Å². The van der Waals surface area contributed by atoms with E-state index in [-0.39, 0.29) is 19.0 Å². The van der Waals surface area contributed by atoms with E-state index >= 15 is 0 Å². The average molecular weight is 348 g/mol. The van der Waals surface area contributed by atoms with E-state index in [1.807, 2.05) is 45.9 Å². The molecule has 1 aromatic rings. The van der Waals surface area contributed by atoms with Crippen LogP contribution in [0, 0.1) is 19.8 Å². The molecule has 4 amide bonds. The summed E-state index contributed by atoms with van der Waals surface area (Å²) in [5, 5.41) is 7.68. The summed E-state index contributed by atoms with van der Waals surface area (Å²) in [7, 11) is 1.65. The molecule has 0 aromatic heterocycles. The second-order valence-electron chi connectivity index (χ2n) is 6.62. The fourth-order valence-electron chi connectivity index (χ4n) is 2.13. The Bertz CT molecular complexity index is 629. The van der Waals surface area contributed by atoms with Crippen LogP contribution in [0.3, 0.4) is 0 Å². The molecule has 0 unspecified atom stereocenters. The number of anilines is 1. The number of benzene rings is 1. The number of aryl methyl sites for hydroxylation is 1. The van der Waals surface area contributed by atoms with Gasteiger partial charge in [0.25, 0.3) is 0 Å². The zero-order chi connectivity index (χ0) is 19.0. The van der Waals surface area contributed by atoms with Crippen molar-refractivity contribution < 1.29 is 14.4 Å². The van der Waals surface area contributed by atoms with Crippen LogP contribution >= 0.6 is 0 Å². The van der Waals surface area contributed by atoms with Gasteiger partial charge in [0.1, 0.15) is 0 Å². The first kappa shape index (κ1) is 20.6. The maximum absolute atomic E-state index is 12.1. The predicted molar refractivity (Wildman–Crippen MR) is 98.4 cm³/mol. The third kappa shape index (κ3) is 7.80. The van der Waals surface area contributed by atoms with Crippen molar-refractivity contribution in [1.29, 1.82) is 0 Å². The van der Waals surface area contributed by atoms with Crippen LogP contribution in [0.4, 0.5) is 10.5 Å². The van der Waals surface area contributed by atoms with Crippen LogP contribution in [0.2, 0.25) is 0 Å². The van der Waals surface area contributed by atoms with E-state index in [1.54, 1.807) is 11.9 Å². The van der Waals surface area contributed by atoms with Gasteiger partial charge in [0.15, 0.2) is 0 Å². The normalized spacial score (nSPS) is 10.7. The highest BCUT2D eigenvalue weighted by atomic mass is 16.2. The summed E-state index contributed by atoms with van der Waals surface area (Å²) in [5.74, 6) is -0.367. The number of hydrogen-bond donors (Lipinski definition) is 3. The molecule has 0 radical (unpaired) electrons. The third-order valence-corrected chi connectivity index (χ3v) is 3.63. The van der Waals surface area contributed by atoms with Gasteiger partial charge >= 0.3 is 6.03 Å². The molecule has 1 aromatic carbocycles. The Balaban J connectivity index is 2.41. The topological polar surface area (TPSA) is 90.5 Å². The fourth-order valence-corrected chi connectivity index (χ4v) is 2.13. The van der Waals surface area contributed by atoms with Gasteiger partial charge in [0, 0.05) is 12.2 Å². The van der Waals surface area contributed by atoms with Crippen molar-refractivity contribution in [2.45, 2.75) is 27.7 Å². The molecular weight excluding hydrogens is 320 g/mol. The number of carbonyl (C=O) groups excluding carboxylic acids is 3. The van der Waals surface area contributed by atoms with Gasteiger partial charge in [-0.3, -0.25) is 19.8 Å². The molecule has 0 spiro atoms. The Kier molecular flexibility index (Phi) is 8.07. The summed E-state index contributed by atoms with van der Waals surface area (Å²) < 4.78 is 0. The number of imide groups is 1. The van der Waals surface area contributed by atoms with E-state index in [4.69, 9.17) is 0 Å². The summed E-state index contributed by atoms with van der Waals surface area (Å²) >= 11 is 0. The SMILES string of the molecule is Cc1cccc(NC(=O)CN(C)CC(=O)NC(=O)NCC(C)C)c1C. The van der Waals surface area contributed by atoms with Crippen LogP contribution in [-0.2, 0) is 9.59 Å². The van der Waals surface area contributed by atoms with Crippen LogP contribution < -0.4 is 16.0 Å². The van der Waals surface area contributed by atoms with Crippen molar-refractivity contribution in [1.82, 2.24) is 15.5 Å². The lowest BCUT2D eigenvalue weighted by Crippen LogP contribution is -2.45. The van der Waals surface area contributed by atoms with Crippen molar-refractivity contribution >= 4 is 23.5 Å². The quantitative estimate of drug-likeness (QED) is 0.699. The number of nitrogens with one attached hydrogen (secondary N) is 3. The second-order valence-corrected chi connectivity index (χ2v) is 6.62. The van der Waals surface area contributed by atoms with Gasteiger partial charge in [-0.2, -0.15) is 0 Å². The lowest BCUT2D eigenvalue weighted by Gasteiger charge is -2.17. The number of hydrogen-bond acceptors (Lipinski definition) is 4. The molecule has 0 aliphatic heterocycles. The predicted octanol–water partition coefficient (Wildman–Crippen LogP) is 1.66. The summed E-state index contributed by atoms with van der Waals surface area (Å²) in [6.07, 6.45) is 0. The Morgan fingerprint density at radius 3 is 2.36 bits per heavy atom. The van der Waals surface area contributed by atoms with Crippen molar-refractivity contribution in [2.24, 2.45) is 5.92 Å². The highest BCUT2D eigenvalue weighted by Crippen LogP contribution is 2.17. The number of amides is 4. The molecule has 1 rings (SSSR count). The Labute approximate surface area is 149 Å². The van der Waals surface area contributed by atoms with Crippen LogP contribution in [0.15, 0.2) is 18.2 Å². The Hall–Kier alpha value is -2.41. The third-order valence-electron chi connectivity index (χ3n) is 3.63. The van der Waals surface area contributed by atoms with Gasteiger partial charge in [0.05, 0.1) is 13.1 Å². The van der Waals surface area contributed by atoms with Gasteiger partial charge in [-0.1, -0.05) is 26.0 Å². The standard InChI is InChI=1S/C18H28N4O3/c1-12(2)9-19-18(25)21-17(24)11-22(5)10-16(23)20-15-8-6-7-13(3)14(15)4/h6-8,12H,9-11H2,1-5H3,(H,20,23)(H2,19,21,24,25). The lowest BCUT2D eigenvalue weighted by molar-refractivity contribution is -0.122. The number of nitrogens with zero attached hydrogens (tertiary/aromatic N) is 1. The maximum atomic E-state index is 12.1. The van der Waals surface area contributed by atoms with E-state index in [1.165, 1.54) is 0 Å². The molecule has 0 heterocycles. The van der Waals surface area contributed by atoms with Gasteiger partial charge in [-0.15, -0.1) is 0 Å². The first-order valence-electron chi connectivity index (χ1n) is 8.31. The van der Waals surface area contributed by atoms with Crippen molar-refractivity contribution in [2.75, 3.05) is 32.0 Å². The molecule has 0 saturated carbocycles. The van der Waals surface area contributed by atoms with Crippen LogP contribution in [0.1, 0.15) is 25.0 Å². The molecule has 3 N–H and O–H groups in total. The number of likely N-dealkylation sites (N-methyl/N-ethyl adjacent to an activating group) is 1. The minimum atomic E-state index is -0.521. The van der Waals surface area contributed by atoms with Crippen LogP contribution in [0.5, 0.6) is 0 Å². The maximum Gasteiger partial charge on any atom is 0.321 e. The van der Waals surface area contributed by atoms with Crippen LogP contribution in [0.25, 0.3) is 0 Å². The van der Waals surface area contributed by atoms with E-state index in [0.717, 1.165) is 16.8 Å². The van der Waals surface area contributed by atoms with Crippen LogP contribution in [-0.4, -0.2) is 49.4 Å². The first-order chi connectivity index (χ1) is 11.7. The number of carbonyl (C=O) groups is 3. The minimum Gasteiger partial charge on any atom is -0.338 e. The zero-order valence-corrected chi connectivity index (χ0v) is 15.6. The monoisotopic (exact) mass is 348 g/mol. The van der Waals surface area contributed by atoms with Gasteiger partial charge < -0.3 is 10.6 Å². The summed E-state index contributed by atoms with van der Waals surface area (Å²) in [5.41, 5.74) is 2.87. The summed E-state index contributed by atoms with van der Waals surface area (Å²) in [6.45, 7) is 8.34. The Morgan fingerprint density at radius 2 is 1.72 bits per heavy atom. The van der Waals surface area contributed by atoms with E-state index in [9.17, 15) is 14.4 Å². The summed E-state index contributed by atoms with van der Waals surface area (Å²) in [6, 6.07) is 5.18. The average Bonchev–Trinajstić information content (AvgIpc) is 2.49.